The van der Waals surface area contributed by atoms with E-state index < -0.39 is 30.0 Å². The van der Waals surface area contributed by atoms with Crippen LogP contribution in [-0.2, 0) is 27.5 Å². The van der Waals surface area contributed by atoms with E-state index in [1.54, 1.807) is 36.4 Å². The van der Waals surface area contributed by atoms with Crippen LogP contribution in [-0.4, -0.2) is 78.5 Å². The van der Waals surface area contributed by atoms with Crippen molar-refractivity contribution >= 4 is 40.9 Å². The minimum absolute atomic E-state index is 0.119. The molecule has 4 amide bonds. The van der Waals surface area contributed by atoms with Gasteiger partial charge in [0.1, 0.15) is 11.5 Å². The summed E-state index contributed by atoms with van der Waals surface area (Å²) in [5.41, 5.74) is 2.99. The number of carboxylic acid groups (broad SMARTS) is 1. The Kier molecular flexibility index (Phi) is 13.6. The molecular weight excluding hydrogens is 639 g/mol. The van der Waals surface area contributed by atoms with E-state index in [4.69, 9.17) is 19.4 Å². The summed E-state index contributed by atoms with van der Waals surface area (Å²) in [6.07, 6.45) is -3.08. The van der Waals surface area contributed by atoms with E-state index in [9.17, 15) is 32.7 Å². The molecule has 258 valence electrons. The average molecular weight is 676 g/mol. The summed E-state index contributed by atoms with van der Waals surface area (Å²) in [5.74, 6) is -3.55. The molecule has 1 atom stereocenters. The number of nitrogens with one attached hydrogen (secondary N) is 4. The van der Waals surface area contributed by atoms with Gasteiger partial charge in [0.05, 0.1) is 32.2 Å². The summed E-state index contributed by atoms with van der Waals surface area (Å²) in [6, 6.07) is 18.9. The molecule has 13 nitrogen and oxygen atoms in total. The first kappa shape index (κ1) is 37.1. The average Bonchev–Trinajstić information content (AvgIpc) is 3.51. The van der Waals surface area contributed by atoms with Crippen LogP contribution < -0.4 is 30.7 Å². The monoisotopic (exact) mass is 675 g/mol. The molecule has 3 aromatic rings. The third-order valence-corrected chi connectivity index (χ3v) is 7.15. The zero-order chi connectivity index (χ0) is 35.3. The van der Waals surface area contributed by atoms with Crippen LogP contribution in [0.2, 0.25) is 0 Å². The molecule has 1 heterocycles. The van der Waals surface area contributed by atoms with Gasteiger partial charge in [0.2, 0.25) is 0 Å². The van der Waals surface area contributed by atoms with Crippen molar-refractivity contribution in [2.75, 3.05) is 43.3 Å². The highest BCUT2D eigenvalue weighted by Crippen LogP contribution is 2.29. The Balaban J connectivity index is 0.000000804. The number of carbonyl (C=O) groups is 4. The van der Waals surface area contributed by atoms with Crippen LogP contribution in [0, 0.1) is 0 Å². The second-order valence-corrected chi connectivity index (χ2v) is 10.4. The maximum Gasteiger partial charge on any atom is 0.490 e. The van der Waals surface area contributed by atoms with Crippen LogP contribution in [0.4, 0.5) is 35.0 Å². The van der Waals surface area contributed by atoms with Gasteiger partial charge in [0.15, 0.2) is 0 Å². The smallest absolute Gasteiger partial charge is 0.490 e. The molecule has 1 fully saturated rings. The molecular formula is C32H36F3N5O8. The summed E-state index contributed by atoms with van der Waals surface area (Å²) < 4.78 is 42.3. The summed E-state index contributed by atoms with van der Waals surface area (Å²) in [7, 11) is 2.96. The molecule has 1 unspecified atom stereocenters. The van der Waals surface area contributed by atoms with Gasteiger partial charge in [-0.2, -0.15) is 13.2 Å². The third kappa shape index (κ3) is 10.9. The van der Waals surface area contributed by atoms with Gasteiger partial charge < -0.3 is 41.0 Å². The molecule has 1 aliphatic rings. The molecule has 1 aliphatic heterocycles. The normalized spacial score (nSPS) is 14.2. The Morgan fingerprint density at radius 1 is 0.854 bits per heavy atom. The topological polar surface area (TPSA) is 179 Å². The predicted molar refractivity (Wildman–Crippen MR) is 170 cm³/mol. The van der Waals surface area contributed by atoms with Gasteiger partial charge in [-0.25, -0.2) is 9.59 Å². The Bertz CT molecular complexity index is 1590. The first-order valence-corrected chi connectivity index (χ1v) is 14.6. The number of anilines is 3. The Labute approximate surface area is 274 Å². The number of aliphatic hydroxyl groups is 1. The molecule has 0 saturated carbocycles. The predicted octanol–water partition coefficient (Wildman–Crippen LogP) is 4.19. The fraction of sp³-hybridized carbons (Fsp3) is 0.312. The highest BCUT2D eigenvalue weighted by atomic mass is 19.4. The van der Waals surface area contributed by atoms with Crippen LogP contribution in [0.15, 0.2) is 66.7 Å². The number of carboxylic acids is 1. The fourth-order valence-electron chi connectivity index (χ4n) is 4.76. The van der Waals surface area contributed by atoms with Gasteiger partial charge in [-0.15, -0.1) is 0 Å². The third-order valence-electron chi connectivity index (χ3n) is 7.15. The number of hydrogen-bond donors (Lipinski definition) is 6. The lowest BCUT2D eigenvalue weighted by atomic mass is 10.1. The zero-order valence-corrected chi connectivity index (χ0v) is 26.1. The number of ether oxygens (including phenoxy) is 2. The van der Waals surface area contributed by atoms with E-state index in [1.807, 2.05) is 24.3 Å². The molecule has 0 aromatic heterocycles. The molecule has 0 spiro atoms. The number of likely N-dealkylation sites (tertiary alicyclic amines) is 1. The standard InChI is InChI=1S/C30H35N5O6.C2HF3O2/c1-40-26-12-6-5-11-24(26)33-30(39)34-25-16-22(13-14-27(25)41-2)32-29(38)28(37)31-17-20-8-3-4-9-21(20)18-35-15-7-10-23(35)19-36;3-2(4,5)1(6)7/h3-6,8-9,11-14,16,23,36H,7,10,15,17-19H2,1-2H3,(H,31,37)(H,32,38)(H2,33,34,39);(H,6,7). The summed E-state index contributed by atoms with van der Waals surface area (Å²) in [4.78, 5) is 49.1. The zero-order valence-electron chi connectivity index (χ0n) is 26.1. The number of carbonyl (C=O) groups excluding carboxylic acids is 3. The van der Waals surface area contributed by atoms with Gasteiger partial charge in [0, 0.05) is 24.8 Å². The van der Waals surface area contributed by atoms with Crippen LogP contribution >= 0.6 is 0 Å². The van der Waals surface area contributed by atoms with E-state index in [1.165, 1.54) is 20.3 Å². The van der Waals surface area contributed by atoms with Crippen molar-refractivity contribution in [2.24, 2.45) is 0 Å². The highest BCUT2D eigenvalue weighted by Gasteiger charge is 2.38. The SMILES string of the molecule is COc1ccccc1NC(=O)Nc1cc(NC(=O)C(=O)NCc2ccccc2CN2CCCC2CO)ccc1OC.O=C(O)C(F)(F)F. The fourth-order valence-corrected chi connectivity index (χ4v) is 4.76. The lowest BCUT2D eigenvalue weighted by molar-refractivity contribution is -0.192. The molecule has 0 aliphatic carbocycles. The van der Waals surface area contributed by atoms with E-state index in [2.05, 4.69) is 26.2 Å². The number of rotatable bonds is 10. The number of urea groups is 1. The highest BCUT2D eigenvalue weighted by molar-refractivity contribution is 6.39. The van der Waals surface area contributed by atoms with Crippen molar-refractivity contribution in [2.45, 2.75) is 38.1 Å². The largest absolute Gasteiger partial charge is 0.495 e. The minimum Gasteiger partial charge on any atom is -0.495 e. The van der Waals surface area contributed by atoms with E-state index >= 15 is 0 Å². The Hall–Kier alpha value is -5.35. The number of methoxy groups -OCH3 is 2. The number of halogens is 3. The first-order chi connectivity index (χ1) is 22.9. The second kappa shape index (κ2) is 17.5. The van der Waals surface area contributed by atoms with Gasteiger partial charge in [-0.3, -0.25) is 14.5 Å². The van der Waals surface area contributed by atoms with Gasteiger partial charge in [0.25, 0.3) is 0 Å². The number of aliphatic carboxylic acids is 1. The van der Waals surface area contributed by atoms with Gasteiger partial charge in [-0.05, 0) is 60.8 Å². The number of alkyl halides is 3. The van der Waals surface area contributed by atoms with Crippen molar-refractivity contribution < 1.29 is 52.0 Å². The Morgan fingerprint density at radius 2 is 1.46 bits per heavy atom. The van der Waals surface area contributed by atoms with Crippen LogP contribution in [0.25, 0.3) is 0 Å². The number of hydrogen-bond acceptors (Lipinski definition) is 8. The summed E-state index contributed by atoms with van der Waals surface area (Å²) in [6.45, 7) is 1.87. The molecule has 48 heavy (non-hydrogen) atoms. The summed E-state index contributed by atoms with van der Waals surface area (Å²) >= 11 is 0. The van der Waals surface area contributed by atoms with Crippen LogP contribution in [0.5, 0.6) is 11.5 Å². The lowest BCUT2D eigenvalue weighted by Gasteiger charge is -2.24. The maximum absolute atomic E-state index is 12.7. The quantitative estimate of drug-likeness (QED) is 0.172. The van der Waals surface area contributed by atoms with Crippen LogP contribution in [0.3, 0.4) is 0 Å². The molecule has 16 heteroatoms. The van der Waals surface area contributed by atoms with E-state index in [0.29, 0.717) is 29.4 Å². The van der Waals surface area contributed by atoms with Gasteiger partial charge >= 0.3 is 30.0 Å². The number of nitrogens with zero attached hydrogens (tertiary/aromatic N) is 1. The van der Waals surface area contributed by atoms with Crippen LogP contribution in [0.1, 0.15) is 24.0 Å². The number of benzene rings is 3. The first-order valence-electron chi connectivity index (χ1n) is 14.6. The van der Waals surface area contributed by atoms with Crippen molar-refractivity contribution in [1.82, 2.24) is 10.2 Å². The van der Waals surface area contributed by atoms with E-state index in [0.717, 1.165) is 30.5 Å². The molecule has 1 saturated heterocycles. The number of para-hydroxylation sites is 2. The molecule has 0 bridgehead atoms. The molecule has 0 radical (unpaired) electrons. The molecule has 4 rings (SSSR count). The molecule has 6 N–H and O–H groups in total. The van der Waals surface area contributed by atoms with Gasteiger partial charge in [-0.1, -0.05) is 36.4 Å². The van der Waals surface area contributed by atoms with Crippen molar-refractivity contribution in [3.8, 4) is 11.5 Å². The van der Waals surface area contributed by atoms with Crippen molar-refractivity contribution in [3.63, 3.8) is 0 Å². The molecule has 3 aromatic carbocycles. The van der Waals surface area contributed by atoms with Crippen molar-refractivity contribution in [1.29, 1.82) is 0 Å². The second-order valence-electron chi connectivity index (χ2n) is 10.4. The Morgan fingerprint density at radius 3 is 2.10 bits per heavy atom. The summed E-state index contributed by atoms with van der Waals surface area (Å²) in [5, 5.41) is 27.4. The van der Waals surface area contributed by atoms with E-state index in [-0.39, 0.29) is 24.9 Å². The minimum atomic E-state index is -5.08. The van der Waals surface area contributed by atoms with Crippen molar-refractivity contribution in [3.05, 3.63) is 77.9 Å². The maximum atomic E-state index is 12.7. The lowest BCUT2D eigenvalue weighted by Crippen LogP contribution is -2.35. The number of aliphatic hydroxyl groups excluding tert-OH is 1. The number of amides is 4.